The zero-order chi connectivity index (χ0) is 13.3. The molecule has 2 saturated heterocycles. The standard InChI is InChI=1S/C15H28N2O2/c1-12(16)14-4-2-3-9-17(14)13-5-7-15(8-6-13)18-10-11-19-15/h12-14H,2-11,16H2,1H3. The molecule has 3 aliphatic rings. The Morgan fingerprint density at radius 3 is 2.42 bits per heavy atom. The second-order valence-corrected chi connectivity index (χ2v) is 6.50. The fourth-order valence-corrected chi connectivity index (χ4v) is 4.16. The Bertz CT molecular complexity index is 293. The number of hydrogen-bond donors (Lipinski definition) is 1. The highest BCUT2D eigenvalue weighted by Crippen LogP contribution is 2.38. The average molecular weight is 268 g/mol. The molecule has 1 saturated carbocycles. The van der Waals surface area contributed by atoms with Gasteiger partial charge in [0.05, 0.1) is 13.2 Å². The van der Waals surface area contributed by atoms with Crippen LogP contribution in [0.25, 0.3) is 0 Å². The summed E-state index contributed by atoms with van der Waals surface area (Å²) in [6.45, 7) is 4.94. The predicted octanol–water partition coefficient (Wildman–Crippen LogP) is 1.87. The Hall–Kier alpha value is -0.160. The molecular formula is C15H28N2O2. The Kier molecular flexibility index (Phi) is 4.13. The van der Waals surface area contributed by atoms with E-state index in [1.807, 2.05) is 0 Å². The fourth-order valence-electron chi connectivity index (χ4n) is 4.16. The number of piperidine rings is 1. The first-order valence-corrected chi connectivity index (χ1v) is 7.99. The maximum Gasteiger partial charge on any atom is 0.168 e. The first kappa shape index (κ1) is 13.8. The van der Waals surface area contributed by atoms with Gasteiger partial charge in [0.15, 0.2) is 5.79 Å². The lowest BCUT2D eigenvalue weighted by molar-refractivity contribution is -0.185. The third-order valence-electron chi connectivity index (χ3n) is 5.20. The highest BCUT2D eigenvalue weighted by molar-refractivity contribution is 4.92. The molecule has 2 unspecified atom stereocenters. The first-order chi connectivity index (χ1) is 9.20. The van der Waals surface area contributed by atoms with Crippen molar-refractivity contribution in [2.75, 3.05) is 19.8 Å². The summed E-state index contributed by atoms with van der Waals surface area (Å²) in [4.78, 5) is 2.69. The summed E-state index contributed by atoms with van der Waals surface area (Å²) in [5.74, 6) is -0.226. The van der Waals surface area contributed by atoms with Crippen LogP contribution in [0.3, 0.4) is 0 Å². The van der Waals surface area contributed by atoms with E-state index in [0.29, 0.717) is 12.1 Å². The monoisotopic (exact) mass is 268 g/mol. The van der Waals surface area contributed by atoms with Gasteiger partial charge in [-0.05, 0) is 39.2 Å². The molecule has 2 atom stereocenters. The van der Waals surface area contributed by atoms with Crippen molar-refractivity contribution in [3.05, 3.63) is 0 Å². The van der Waals surface area contributed by atoms with Crippen molar-refractivity contribution in [2.24, 2.45) is 5.73 Å². The van der Waals surface area contributed by atoms with Gasteiger partial charge in [-0.2, -0.15) is 0 Å². The van der Waals surface area contributed by atoms with Gasteiger partial charge in [-0.25, -0.2) is 0 Å². The molecule has 1 spiro atoms. The van der Waals surface area contributed by atoms with Crippen molar-refractivity contribution < 1.29 is 9.47 Å². The van der Waals surface area contributed by atoms with Crippen LogP contribution in [0.4, 0.5) is 0 Å². The van der Waals surface area contributed by atoms with E-state index in [4.69, 9.17) is 15.2 Å². The zero-order valence-corrected chi connectivity index (χ0v) is 12.1. The van der Waals surface area contributed by atoms with Crippen molar-refractivity contribution in [2.45, 2.75) is 75.8 Å². The van der Waals surface area contributed by atoms with E-state index >= 15 is 0 Å². The Balaban J connectivity index is 1.60. The molecule has 2 aliphatic heterocycles. The van der Waals surface area contributed by atoms with Crippen LogP contribution in [-0.2, 0) is 9.47 Å². The number of nitrogens with zero attached hydrogens (tertiary/aromatic N) is 1. The highest BCUT2D eigenvalue weighted by Gasteiger charge is 2.43. The van der Waals surface area contributed by atoms with E-state index in [2.05, 4.69) is 11.8 Å². The summed E-state index contributed by atoms with van der Waals surface area (Å²) in [7, 11) is 0. The molecular weight excluding hydrogens is 240 g/mol. The van der Waals surface area contributed by atoms with Crippen LogP contribution in [0, 0.1) is 0 Å². The van der Waals surface area contributed by atoms with Gasteiger partial charge < -0.3 is 15.2 Å². The molecule has 3 rings (SSSR count). The first-order valence-electron chi connectivity index (χ1n) is 7.99. The van der Waals surface area contributed by atoms with Gasteiger partial charge in [-0.1, -0.05) is 6.42 Å². The van der Waals surface area contributed by atoms with Crippen molar-refractivity contribution in [1.82, 2.24) is 4.90 Å². The van der Waals surface area contributed by atoms with Crippen molar-refractivity contribution in [1.29, 1.82) is 0 Å². The Labute approximate surface area is 116 Å². The van der Waals surface area contributed by atoms with Gasteiger partial charge >= 0.3 is 0 Å². The summed E-state index contributed by atoms with van der Waals surface area (Å²) < 4.78 is 11.7. The number of ether oxygens (including phenoxy) is 2. The quantitative estimate of drug-likeness (QED) is 0.830. The summed E-state index contributed by atoms with van der Waals surface area (Å²) in [6.07, 6.45) is 8.45. The van der Waals surface area contributed by atoms with Gasteiger partial charge in [0.25, 0.3) is 0 Å². The zero-order valence-electron chi connectivity index (χ0n) is 12.1. The fraction of sp³-hybridized carbons (Fsp3) is 1.00. The maximum atomic E-state index is 6.19. The van der Waals surface area contributed by atoms with Gasteiger partial charge in [0.2, 0.25) is 0 Å². The summed E-state index contributed by atoms with van der Waals surface area (Å²) in [5, 5.41) is 0. The number of hydrogen-bond acceptors (Lipinski definition) is 4. The second-order valence-electron chi connectivity index (χ2n) is 6.50. The molecule has 2 heterocycles. The number of nitrogens with two attached hydrogens (primary N) is 1. The minimum absolute atomic E-state index is 0.226. The van der Waals surface area contributed by atoms with Gasteiger partial charge in [0, 0.05) is 31.0 Å². The molecule has 19 heavy (non-hydrogen) atoms. The van der Waals surface area contributed by atoms with Gasteiger partial charge in [-0.3, -0.25) is 4.90 Å². The smallest absolute Gasteiger partial charge is 0.168 e. The van der Waals surface area contributed by atoms with Crippen LogP contribution in [0.15, 0.2) is 0 Å². The number of rotatable bonds is 2. The Morgan fingerprint density at radius 1 is 1.11 bits per heavy atom. The predicted molar refractivity (Wildman–Crippen MR) is 74.9 cm³/mol. The van der Waals surface area contributed by atoms with Crippen LogP contribution in [0.5, 0.6) is 0 Å². The molecule has 2 N–H and O–H groups in total. The van der Waals surface area contributed by atoms with Crippen molar-refractivity contribution >= 4 is 0 Å². The van der Waals surface area contributed by atoms with E-state index in [-0.39, 0.29) is 11.8 Å². The third kappa shape index (κ3) is 2.82. The molecule has 110 valence electrons. The van der Waals surface area contributed by atoms with Crippen LogP contribution in [0.2, 0.25) is 0 Å². The molecule has 4 heteroatoms. The second kappa shape index (κ2) is 5.68. The van der Waals surface area contributed by atoms with E-state index in [1.165, 1.54) is 38.6 Å². The van der Waals surface area contributed by atoms with Gasteiger partial charge in [0.1, 0.15) is 0 Å². The molecule has 0 bridgehead atoms. The van der Waals surface area contributed by atoms with E-state index in [1.54, 1.807) is 0 Å². The molecule has 0 amide bonds. The van der Waals surface area contributed by atoms with Crippen molar-refractivity contribution in [3.63, 3.8) is 0 Å². The van der Waals surface area contributed by atoms with E-state index in [0.717, 1.165) is 26.1 Å². The van der Waals surface area contributed by atoms with E-state index in [9.17, 15) is 0 Å². The van der Waals surface area contributed by atoms with Crippen LogP contribution in [-0.4, -0.2) is 48.6 Å². The maximum absolute atomic E-state index is 6.19. The largest absolute Gasteiger partial charge is 0.348 e. The molecule has 4 nitrogen and oxygen atoms in total. The van der Waals surface area contributed by atoms with Crippen LogP contribution < -0.4 is 5.73 Å². The lowest BCUT2D eigenvalue weighted by atomic mass is 9.85. The lowest BCUT2D eigenvalue weighted by Gasteiger charge is -2.46. The highest BCUT2D eigenvalue weighted by atomic mass is 16.7. The average Bonchev–Trinajstić information content (AvgIpc) is 2.88. The Morgan fingerprint density at radius 2 is 1.79 bits per heavy atom. The normalized spacial score (nSPS) is 34.7. The summed E-state index contributed by atoms with van der Waals surface area (Å²) in [6, 6.07) is 1.56. The van der Waals surface area contributed by atoms with Gasteiger partial charge in [-0.15, -0.1) is 0 Å². The third-order valence-corrected chi connectivity index (χ3v) is 5.20. The minimum atomic E-state index is -0.226. The molecule has 0 aromatic heterocycles. The summed E-state index contributed by atoms with van der Waals surface area (Å²) in [5.41, 5.74) is 6.19. The van der Waals surface area contributed by atoms with Crippen molar-refractivity contribution in [3.8, 4) is 0 Å². The molecule has 0 aromatic carbocycles. The van der Waals surface area contributed by atoms with E-state index < -0.39 is 0 Å². The topological polar surface area (TPSA) is 47.7 Å². The van der Waals surface area contributed by atoms with Crippen LogP contribution in [0.1, 0.15) is 51.9 Å². The summed E-state index contributed by atoms with van der Waals surface area (Å²) >= 11 is 0. The molecule has 1 aliphatic carbocycles. The van der Waals surface area contributed by atoms with Crippen LogP contribution >= 0.6 is 0 Å². The molecule has 0 aromatic rings. The molecule has 3 fully saturated rings. The SMILES string of the molecule is CC(N)C1CCCCN1C1CCC2(CC1)OCCO2. The lowest BCUT2D eigenvalue weighted by Crippen LogP contribution is -2.55. The molecule has 0 radical (unpaired) electrons. The number of likely N-dealkylation sites (tertiary alicyclic amines) is 1. The minimum Gasteiger partial charge on any atom is -0.348 e.